The van der Waals surface area contributed by atoms with Crippen molar-refractivity contribution < 1.29 is 9.59 Å². The van der Waals surface area contributed by atoms with Gasteiger partial charge in [0.05, 0.1) is 6.04 Å². The van der Waals surface area contributed by atoms with Crippen molar-refractivity contribution in [2.75, 3.05) is 20.6 Å². The minimum Gasteiger partial charge on any atom is -0.346 e. The molecule has 2 amide bonds. The molecule has 0 aromatic carbocycles. The number of carbonyl (C=O) groups excluding carboxylic acids is 2. The third-order valence-electron chi connectivity index (χ3n) is 4.40. The number of carbonyl (C=O) groups is 2. The summed E-state index contributed by atoms with van der Waals surface area (Å²) in [6.07, 6.45) is 6.68. The Morgan fingerprint density at radius 2 is 1.91 bits per heavy atom. The number of nitrogens with zero attached hydrogens (tertiary/aromatic N) is 1. The molecule has 0 spiro atoms. The molecular formula is C17H27N3O2S. The minimum absolute atomic E-state index is 0.0795. The van der Waals surface area contributed by atoms with E-state index < -0.39 is 11.8 Å². The summed E-state index contributed by atoms with van der Waals surface area (Å²) in [5.41, 5.74) is 1.16. The Kier molecular flexibility index (Phi) is 7.05. The molecule has 5 nitrogen and oxygen atoms in total. The molecule has 2 rings (SSSR count). The minimum atomic E-state index is -0.531. The summed E-state index contributed by atoms with van der Waals surface area (Å²) in [6, 6.07) is 2.28. The fourth-order valence-corrected chi connectivity index (χ4v) is 3.71. The van der Waals surface area contributed by atoms with Crippen molar-refractivity contribution >= 4 is 23.2 Å². The molecule has 1 aliphatic rings. The Morgan fingerprint density at radius 3 is 2.48 bits per heavy atom. The zero-order valence-corrected chi connectivity index (χ0v) is 14.8. The fraction of sp³-hybridized carbons (Fsp3) is 0.647. The van der Waals surface area contributed by atoms with Crippen LogP contribution in [0.1, 0.15) is 50.1 Å². The summed E-state index contributed by atoms with van der Waals surface area (Å²) in [7, 11) is 3.94. The van der Waals surface area contributed by atoms with E-state index in [0.29, 0.717) is 6.54 Å². The van der Waals surface area contributed by atoms with Gasteiger partial charge in [0.2, 0.25) is 0 Å². The molecule has 0 saturated heterocycles. The molecule has 0 bridgehead atoms. The van der Waals surface area contributed by atoms with Crippen LogP contribution in [0.15, 0.2) is 16.8 Å². The van der Waals surface area contributed by atoms with Crippen LogP contribution < -0.4 is 10.6 Å². The lowest BCUT2D eigenvalue weighted by molar-refractivity contribution is -0.139. The molecule has 1 aromatic rings. The van der Waals surface area contributed by atoms with Gasteiger partial charge in [0.1, 0.15) is 0 Å². The van der Waals surface area contributed by atoms with Gasteiger partial charge in [-0.15, -0.1) is 0 Å². The monoisotopic (exact) mass is 337 g/mol. The smallest absolute Gasteiger partial charge is 0.309 e. The predicted molar refractivity (Wildman–Crippen MR) is 93.4 cm³/mol. The van der Waals surface area contributed by atoms with Crippen molar-refractivity contribution in [3.8, 4) is 0 Å². The maximum Gasteiger partial charge on any atom is 0.309 e. The predicted octanol–water partition coefficient (Wildman–Crippen LogP) is 2.31. The second kappa shape index (κ2) is 9.03. The molecule has 1 atom stereocenters. The lowest BCUT2D eigenvalue weighted by Gasteiger charge is -2.24. The second-order valence-corrected chi connectivity index (χ2v) is 7.19. The molecule has 23 heavy (non-hydrogen) atoms. The van der Waals surface area contributed by atoms with Crippen LogP contribution in [0.3, 0.4) is 0 Å². The van der Waals surface area contributed by atoms with Crippen LogP contribution in [0.25, 0.3) is 0 Å². The summed E-state index contributed by atoms with van der Waals surface area (Å²) < 4.78 is 0. The van der Waals surface area contributed by atoms with Crippen molar-refractivity contribution in [1.82, 2.24) is 15.5 Å². The van der Waals surface area contributed by atoms with Gasteiger partial charge in [-0.3, -0.25) is 9.59 Å². The Balaban J connectivity index is 1.81. The molecular weight excluding hydrogens is 310 g/mol. The van der Waals surface area contributed by atoms with Crippen LogP contribution in [0.2, 0.25) is 0 Å². The topological polar surface area (TPSA) is 61.4 Å². The van der Waals surface area contributed by atoms with Gasteiger partial charge in [0.25, 0.3) is 0 Å². The maximum atomic E-state index is 12.1. The van der Waals surface area contributed by atoms with E-state index >= 15 is 0 Å². The van der Waals surface area contributed by atoms with Crippen molar-refractivity contribution in [1.29, 1.82) is 0 Å². The SMILES string of the molecule is CN(C)C(CNC(=O)C(=O)NC1CCCCCC1)c1ccsc1. The highest BCUT2D eigenvalue weighted by Gasteiger charge is 2.21. The summed E-state index contributed by atoms with van der Waals surface area (Å²) in [4.78, 5) is 26.2. The molecule has 6 heteroatoms. The van der Waals surface area contributed by atoms with Gasteiger partial charge < -0.3 is 15.5 Å². The lowest BCUT2D eigenvalue weighted by atomic mass is 10.1. The summed E-state index contributed by atoms with van der Waals surface area (Å²) >= 11 is 1.63. The molecule has 1 aromatic heterocycles. The average Bonchev–Trinajstić information content (AvgIpc) is 2.92. The molecule has 2 N–H and O–H groups in total. The first-order valence-corrected chi connectivity index (χ1v) is 9.29. The van der Waals surface area contributed by atoms with Crippen LogP contribution in [0.5, 0.6) is 0 Å². The van der Waals surface area contributed by atoms with Crippen molar-refractivity contribution in [2.24, 2.45) is 0 Å². The van der Waals surface area contributed by atoms with E-state index in [1.54, 1.807) is 11.3 Å². The highest BCUT2D eigenvalue weighted by molar-refractivity contribution is 7.07. The highest BCUT2D eigenvalue weighted by Crippen LogP contribution is 2.20. The number of amides is 2. The highest BCUT2D eigenvalue weighted by atomic mass is 32.1. The molecule has 0 aliphatic heterocycles. The largest absolute Gasteiger partial charge is 0.346 e. The Hall–Kier alpha value is -1.40. The van der Waals surface area contributed by atoms with E-state index in [2.05, 4.69) is 16.0 Å². The molecule has 1 heterocycles. The van der Waals surface area contributed by atoms with Gasteiger partial charge in [0.15, 0.2) is 0 Å². The number of thiophene rings is 1. The van der Waals surface area contributed by atoms with Gasteiger partial charge in [-0.05, 0) is 49.3 Å². The first kappa shape index (κ1) is 17.9. The number of rotatable bonds is 5. The Morgan fingerprint density at radius 1 is 1.22 bits per heavy atom. The first-order chi connectivity index (χ1) is 11.1. The van der Waals surface area contributed by atoms with Crippen molar-refractivity contribution in [3.05, 3.63) is 22.4 Å². The molecule has 1 aliphatic carbocycles. The van der Waals surface area contributed by atoms with Crippen LogP contribution in [-0.2, 0) is 9.59 Å². The number of likely N-dealkylation sites (N-methyl/N-ethyl adjacent to an activating group) is 1. The van der Waals surface area contributed by atoms with E-state index in [1.807, 2.05) is 30.4 Å². The number of nitrogens with one attached hydrogen (secondary N) is 2. The zero-order valence-electron chi connectivity index (χ0n) is 14.0. The summed E-state index contributed by atoms with van der Waals surface area (Å²) in [5.74, 6) is -1.03. The molecule has 1 fully saturated rings. The standard InChI is InChI=1S/C17H27N3O2S/c1-20(2)15(13-9-10-23-12-13)11-18-16(21)17(22)19-14-7-5-3-4-6-8-14/h9-10,12,14-15H,3-8,11H2,1-2H3,(H,18,21)(H,19,22). The quantitative estimate of drug-likeness (QED) is 0.640. The maximum absolute atomic E-state index is 12.1. The Bertz CT molecular complexity index is 494. The molecule has 0 radical (unpaired) electrons. The normalized spacial score (nSPS) is 17.5. The number of hydrogen-bond acceptors (Lipinski definition) is 4. The Labute approximate surface area is 142 Å². The van der Waals surface area contributed by atoms with Gasteiger partial charge in [0, 0.05) is 12.6 Å². The van der Waals surface area contributed by atoms with Crippen LogP contribution in [0, 0.1) is 0 Å². The van der Waals surface area contributed by atoms with Gasteiger partial charge >= 0.3 is 11.8 Å². The van der Waals surface area contributed by atoms with E-state index in [-0.39, 0.29) is 12.1 Å². The third kappa shape index (κ3) is 5.62. The lowest BCUT2D eigenvalue weighted by Crippen LogP contribution is -2.46. The fourth-order valence-electron chi connectivity index (χ4n) is 3.01. The van der Waals surface area contributed by atoms with Gasteiger partial charge in [-0.2, -0.15) is 11.3 Å². The van der Waals surface area contributed by atoms with E-state index in [4.69, 9.17) is 0 Å². The van der Waals surface area contributed by atoms with Crippen LogP contribution >= 0.6 is 11.3 Å². The summed E-state index contributed by atoms with van der Waals surface area (Å²) in [6.45, 7) is 0.431. The second-order valence-electron chi connectivity index (χ2n) is 6.41. The summed E-state index contributed by atoms with van der Waals surface area (Å²) in [5, 5.41) is 9.75. The van der Waals surface area contributed by atoms with E-state index in [9.17, 15) is 9.59 Å². The van der Waals surface area contributed by atoms with Crippen molar-refractivity contribution in [2.45, 2.75) is 50.6 Å². The average molecular weight is 337 g/mol. The molecule has 1 unspecified atom stereocenters. The van der Waals surface area contributed by atoms with Gasteiger partial charge in [-0.25, -0.2) is 0 Å². The van der Waals surface area contributed by atoms with Crippen molar-refractivity contribution in [3.63, 3.8) is 0 Å². The third-order valence-corrected chi connectivity index (χ3v) is 5.11. The van der Waals surface area contributed by atoms with E-state index in [1.165, 1.54) is 12.8 Å². The van der Waals surface area contributed by atoms with E-state index in [0.717, 1.165) is 31.2 Å². The molecule has 128 valence electrons. The van der Waals surface area contributed by atoms with Crippen LogP contribution in [0.4, 0.5) is 0 Å². The number of hydrogen-bond donors (Lipinski definition) is 2. The van der Waals surface area contributed by atoms with Crippen LogP contribution in [-0.4, -0.2) is 43.4 Å². The van der Waals surface area contributed by atoms with Gasteiger partial charge in [-0.1, -0.05) is 25.7 Å². The zero-order chi connectivity index (χ0) is 16.7. The first-order valence-electron chi connectivity index (χ1n) is 8.35. The molecule has 1 saturated carbocycles.